The summed E-state index contributed by atoms with van der Waals surface area (Å²) in [5, 5.41) is 2.91. The van der Waals surface area contributed by atoms with E-state index in [1.165, 1.54) is 31.4 Å². The van der Waals surface area contributed by atoms with Crippen molar-refractivity contribution in [1.82, 2.24) is 5.32 Å². The second kappa shape index (κ2) is 9.64. The molecule has 124 valence electrons. The summed E-state index contributed by atoms with van der Waals surface area (Å²) in [6.07, 6.45) is 5.87. The first-order valence-corrected chi connectivity index (χ1v) is 7.57. The molecular weight excluding hydrogens is 307 g/mol. The van der Waals surface area contributed by atoms with Crippen LogP contribution >= 0.6 is 12.4 Å². The number of hydrogen-bond acceptors (Lipinski definition) is 3. The van der Waals surface area contributed by atoms with Crippen LogP contribution in [-0.2, 0) is 4.79 Å². The first kappa shape index (κ1) is 18.7. The van der Waals surface area contributed by atoms with Crippen molar-refractivity contribution in [2.45, 2.75) is 38.1 Å². The molecule has 6 heteroatoms. The molecule has 0 spiro atoms. The van der Waals surface area contributed by atoms with Crippen LogP contribution in [-0.4, -0.2) is 25.1 Å². The van der Waals surface area contributed by atoms with Gasteiger partial charge in [0.15, 0.2) is 18.2 Å². The Balaban J connectivity index is 0.00000242. The van der Waals surface area contributed by atoms with Crippen LogP contribution in [0.1, 0.15) is 32.1 Å². The largest absolute Gasteiger partial charge is 0.481 e. The van der Waals surface area contributed by atoms with Crippen molar-refractivity contribution in [3.63, 3.8) is 0 Å². The lowest BCUT2D eigenvalue weighted by Crippen LogP contribution is -2.47. The third-order valence-corrected chi connectivity index (χ3v) is 4.01. The van der Waals surface area contributed by atoms with Crippen molar-refractivity contribution in [1.29, 1.82) is 0 Å². The van der Waals surface area contributed by atoms with Crippen molar-refractivity contribution >= 4 is 18.3 Å². The number of hydrogen-bond donors (Lipinski definition) is 2. The smallest absolute Gasteiger partial charge is 0.258 e. The minimum Gasteiger partial charge on any atom is -0.481 e. The lowest BCUT2D eigenvalue weighted by Gasteiger charge is -2.30. The molecule has 1 unspecified atom stereocenters. The summed E-state index contributed by atoms with van der Waals surface area (Å²) >= 11 is 0. The number of rotatable bonds is 6. The number of amides is 1. The zero-order valence-corrected chi connectivity index (χ0v) is 13.4. The molecule has 2 rings (SSSR count). The molecule has 4 nitrogen and oxygen atoms in total. The van der Waals surface area contributed by atoms with Gasteiger partial charge in [-0.15, -0.1) is 12.4 Å². The van der Waals surface area contributed by atoms with Gasteiger partial charge in [0.2, 0.25) is 0 Å². The number of carbonyl (C=O) groups is 1. The Hall–Kier alpha value is -1.33. The average Bonchev–Trinajstić information content (AvgIpc) is 2.52. The fourth-order valence-electron chi connectivity index (χ4n) is 2.86. The van der Waals surface area contributed by atoms with E-state index in [1.54, 1.807) is 12.1 Å². The Morgan fingerprint density at radius 3 is 2.64 bits per heavy atom. The van der Waals surface area contributed by atoms with E-state index in [1.807, 2.05) is 0 Å². The van der Waals surface area contributed by atoms with Crippen molar-refractivity contribution < 1.29 is 13.9 Å². The molecule has 1 fully saturated rings. The van der Waals surface area contributed by atoms with Gasteiger partial charge < -0.3 is 15.8 Å². The van der Waals surface area contributed by atoms with Crippen molar-refractivity contribution in [3.8, 4) is 5.75 Å². The molecule has 0 radical (unpaired) electrons. The topological polar surface area (TPSA) is 64.3 Å². The molecular formula is C16H24ClFN2O2. The van der Waals surface area contributed by atoms with Gasteiger partial charge in [0.1, 0.15) is 0 Å². The van der Waals surface area contributed by atoms with E-state index in [-0.39, 0.29) is 36.7 Å². The quantitative estimate of drug-likeness (QED) is 0.842. The highest BCUT2D eigenvalue weighted by molar-refractivity contribution is 5.85. The molecule has 0 aromatic heterocycles. The van der Waals surface area contributed by atoms with Crippen LogP contribution in [0.3, 0.4) is 0 Å². The van der Waals surface area contributed by atoms with Gasteiger partial charge in [0.25, 0.3) is 5.91 Å². The molecule has 1 aromatic carbocycles. The van der Waals surface area contributed by atoms with Gasteiger partial charge in [0, 0.05) is 12.6 Å². The molecule has 0 saturated heterocycles. The van der Waals surface area contributed by atoms with E-state index >= 15 is 0 Å². The van der Waals surface area contributed by atoms with Gasteiger partial charge in [-0.05, 0) is 30.9 Å². The van der Waals surface area contributed by atoms with Crippen LogP contribution in [0.4, 0.5) is 4.39 Å². The van der Waals surface area contributed by atoms with Gasteiger partial charge in [-0.1, -0.05) is 31.4 Å². The van der Waals surface area contributed by atoms with Gasteiger partial charge in [-0.25, -0.2) is 4.39 Å². The molecule has 22 heavy (non-hydrogen) atoms. The number of para-hydroxylation sites is 1. The van der Waals surface area contributed by atoms with Crippen LogP contribution in [0.5, 0.6) is 5.75 Å². The highest BCUT2D eigenvalue weighted by Crippen LogP contribution is 2.26. The molecule has 1 aromatic rings. The van der Waals surface area contributed by atoms with Crippen LogP contribution < -0.4 is 15.8 Å². The minimum atomic E-state index is -0.465. The first-order valence-electron chi connectivity index (χ1n) is 7.57. The second-order valence-electron chi connectivity index (χ2n) is 5.53. The second-order valence-corrected chi connectivity index (χ2v) is 5.53. The molecule has 1 amide bonds. The van der Waals surface area contributed by atoms with E-state index in [9.17, 15) is 9.18 Å². The molecule has 1 atom stereocenters. The van der Waals surface area contributed by atoms with Gasteiger partial charge in [0.05, 0.1) is 0 Å². The Morgan fingerprint density at radius 2 is 2.00 bits per heavy atom. The van der Waals surface area contributed by atoms with Crippen LogP contribution in [0.2, 0.25) is 0 Å². The molecule has 0 bridgehead atoms. The van der Waals surface area contributed by atoms with E-state index in [2.05, 4.69) is 5.32 Å². The highest BCUT2D eigenvalue weighted by Gasteiger charge is 2.24. The first-order chi connectivity index (χ1) is 10.2. The molecule has 0 heterocycles. The van der Waals surface area contributed by atoms with Crippen molar-refractivity contribution in [2.24, 2.45) is 11.7 Å². The zero-order chi connectivity index (χ0) is 15.1. The lowest BCUT2D eigenvalue weighted by molar-refractivity contribution is -0.124. The third kappa shape index (κ3) is 5.46. The Kier molecular flexibility index (Phi) is 8.20. The number of carbonyl (C=O) groups excluding carboxylic acids is 1. The van der Waals surface area contributed by atoms with Crippen LogP contribution in [0.15, 0.2) is 24.3 Å². The maximum Gasteiger partial charge on any atom is 0.258 e. The SMILES string of the molecule is Cl.NCC(NC(=O)COc1ccccc1F)C1CCCCC1. The van der Waals surface area contributed by atoms with E-state index < -0.39 is 5.82 Å². The Bertz CT molecular complexity index is 467. The predicted molar refractivity (Wildman–Crippen MR) is 86.7 cm³/mol. The number of nitrogens with one attached hydrogen (secondary N) is 1. The van der Waals surface area contributed by atoms with Gasteiger partial charge in [-0.3, -0.25) is 4.79 Å². The monoisotopic (exact) mass is 330 g/mol. The van der Waals surface area contributed by atoms with Crippen LogP contribution in [0, 0.1) is 11.7 Å². The number of benzene rings is 1. The normalized spacial score (nSPS) is 16.5. The summed E-state index contributed by atoms with van der Waals surface area (Å²) in [4.78, 5) is 11.9. The van der Waals surface area contributed by atoms with Crippen molar-refractivity contribution in [2.75, 3.05) is 13.2 Å². The van der Waals surface area contributed by atoms with E-state index in [4.69, 9.17) is 10.5 Å². The summed E-state index contributed by atoms with van der Waals surface area (Å²) in [6.45, 7) is 0.236. The average molecular weight is 331 g/mol. The number of nitrogens with two attached hydrogens (primary N) is 1. The fourth-order valence-corrected chi connectivity index (χ4v) is 2.86. The van der Waals surface area contributed by atoms with E-state index in [0.29, 0.717) is 12.5 Å². The molecule has 3 N–H and O–H groups in total. The summed E-state index contributed by atoms with van der Waals surface area (Å²) in [7, 11) is 0. The molecule has 1 aliphatic rings. The standard InChI is InChI=1S/C16H23FN2O2.ClH/c17-13-8-4-5-9-15(13)21-11-16(20)19-14(10-18)12-6-2-1-3-7-12;/h4-5,8-9,12,14H,1-3,6-7,10-11,18H2,(H,19,20);1H. The van der Waals surface area contributed by atoms with Gasteiger partial charge >= 0.3 is 0 Å². The Labute approximate surface area is 137 Å². The number of halogens is 2. The lowest BCUT2D eigenvalue weighted by atomic mass is 9.84. The Morgan fingerprint density at radius 1 is 1.32 bits per heavy atom. The summed E-state index contributed by atoms with van der Waals surface area (Å²) < 4.78 is 18.6. The molecule has 1 aliphatic carbocycles. The summed E-state index contributed by atoms with van der Waals surface area (Å²) in [5.74, 6) is -0.178. The third-order valence-electron chi connectivity index (χ3n) is 4.01. The van der Waals surface area contributed by atoms with Crippen LogP contribution in [0.25, 0.3) is 0 Å². The zero-order valence-electron chi connectivity index (χ0n) is 12.6. The summed E-state index contributed by atoms with van der Waals surface area (Å²) in [5.41, 5.74) is 5.77. The van der Waals surface area contributed by atoms with Gasteiger partial charge in [-0.2, -0.15) is 0 Å². The minimum absolute atomic E-state index is 0. The van der Waals surface area contributed by atoms with E-state index in [0.717, 1.165) is 12.8 Å². The molecule has 1 saturated carbocycles. The predicted octanol–water partition coefficient (Wildman–Crippen LogP) is 2.65. The fraction of sp³-hybridized carbons (Fsp3) is 0.562. The summed E-state index contributed by atoms with van der Waals surface area (Å²) in [6, 6.07) is 6.04. The maximum atomic E-state index is 13.4. The maximum absolute atomic E-state index is 13.4. The van der Waals surface area contributed by atoms with Crippen molar-refractivity contribution in [3.05, 3.63) is 30.1 Å². The number of ether oxygens (including phenoxy) is 1. The highest BCUT2D eigenvalue weighted by atomic mass is 35.5. The molecule has 0 aliphatic heterocycles.